The third-order valence-electron chi connectivity index (χ3n) is 3.86. The summed E-state index contributed by atoms with van der Waals surface area (Å²) in [5.41, 5.74) is 0. The van der Waals surface area contributed by atoms with Gasteiger partial charge in [0.2, 0.25) is 11.8 Å². The van der Waals surface area contributed by atoms with Crippen molar-refractivity contribution in [3.8, 4) is 0 Å². The molecule has 0 heterocycles. The minimum Gasteiger partial charge on any atom is -0.326 e. The fourth-order valence-electron chi connectivity index (χ4n) is 2.58. The number of amides is 2. The van der Waals surface area contributed by atoms with Crippen LogP contribution in [-0.2, 0) is 9.59 Å². The van der Waals surface area contributed by atoms with Crippen LogP contribution in [0.4, 0.5) is 0 Å². The highest BCUT2D eigenvalue weighted by atomic mass is 16.2. The van der Waals surface area contributed by atoms with Crippen LogP contribution in [0.3, 0.4) is 0 Å². The minimum atomic E-state index is -0.124. The number of nitrogens with zero attached hydrogens (tertiary/aromatic N) is 2. The molecule has 2 amide bonds. The average molecular weight is 322 g/mol. The van der Waals surface area contributed by atoms with E-state index < -0.39 is 0 Å². The van der Waals surface area contributed by atoms with E-state index in [1.54, 1.807) is 9.80 Å². The highest BCUT2D eigenvalue weighted by molar-refractivity contribution is 5.88. The van der Waals surface area contributed by atoms with Crippen LogP contribution in [-0.4, -0.2) is 46.8 Å². The van der Waals surface area contributed by atoms with Crippen molar-refractivity contribution in [2.45, 2.75) is 12.1 Å². The van der Waals surface area contributed by atoms with E-state index in [0.29, 0.717) is 13.1 Å². The normalized spacial score (nSPS) is 16.2. The smallest absolute Gasteiger partial charge is 0.246 e. The number of hydrogen-bond acceptors (Lipinski definition) is 2. The van der Waals surface area contributed by atoms with Gasteiger partial charge in [0.25, 0.3) is 0 Å². The molecule has 4 heteroatoms. The fourth-order valence-corrected chi connectivity index (χ4v) is 2.58. The van der Waals surface area contributed by atoms with E-state index in [1.807, 2.05) is 60.8 Å². The lowest BCUT2D eigenvalue weighted by Gasteiger charge is -2.25. The number of allylic oxidation sites excluding steroid dienone is 4. The topological polar surface area (TPSA) is 40.6 Å². The van der Waals surface area contributed by atoms with Crippen LogP contribution in [0.5, 0.6) is 0 Å². The van der Waals surface area contributed by atoms with Gasteiger partial charge < -0.3 is 9.80 Å². The van der Waals surface area contributed by atoms with Gasteiger partial charge in [-0.3, -0.25) is 9.59 Å². The standard InChI is InChI=1S/C20H22N2O2/c1-3-19(23)21(17-11-5-6-12-17)15-9-10-16-22(20(24)4-2)18-13-7-8-14-18/h3-14,17-18H,1-2,15-16H2/b10-9+. The van der Waals surface area contributed by atoms with E-state index in [9.17, 15) is 9.59 Å². The maximum absolute atomic E-state index is 12.0. The maximum Gasteiger partial charge on any atom is 0.246 e. The van der Waals surface area contributed by atoms with Crippen LogP contribution in [0.15, 0.2) is 86.1 Å². The molecule has 0 bridgehead atoms. The van der Waals surface area contributed by atoms with Crippen molar-refractivity contribution < 1.29 is 9.59 Å². The Morgan fingerprint density at radius 1 is 0.750 bits per heavy atom. The molecular formula is C20H22N2O2. The first-order valence-electron chi connectivity index (χ1n) is 7.88. The van der Waals surface area contributed by atoms with Gasteiger partial charge in [0.15, 0.2) is 0 Å². The molecule has 0 saturated heterocycles. The summed E-state index contributed by atoms with van der Waals surface area (Å²) in [5.74, 6) is -0.247. The molecule has 4 nitrogen and oxygen atoms in total. The molecule has 2 aliphatic rings. The Morgan fingerprint density at radius 3 is 1.38 bits per heavy atom. The summed E-state index contributed by atoms with van der Waals surface area (Å²) in [6, 6.07) is -0.0986. The molecule has 0 spiro atoms. The van der Waals surface area contributed by atoms with Crippen molar-refractivity contribution in [3.05, 3.63) is 86.1 Å². The van der Waals surface area contributed by atoms with Gasteiger partial charge in [0.1, 0.15) is 0 Å². The number of hydrogen-bond donors (Lipinski definition) is 0. The highest BCUT2D eigenvalue weighted by Gasteiger charge is 2.19. The molecule has 0 aromatic carbocycles. The molecule has 0 aromatic rings. The molecule has 0 N–H and O–H groups in total. The van der Waals surface area contributed by atoms with Crippen molar-refractivity contribution >= 4 is 11.8 Å². The Labute approximate surface area is 143 Å². The van der Waals surface area contributed by atoms with Crippen LogP contribution in [0.2, 0.25) is 0 Å². The van der Waals surface area contributed by atoms with Gasteiger partial charge in [-0.05, 0) is 12.2 Å². The second-order valence-electron chi connectivity index (χ2n) is 5.38. The van der Waals surface area contributed by atoms with Crippen molar-refractivity contribution in [1.29, 1.82) is 0 Å². The second-order valence-corrected chi connectivity index (χ2v) is 5.38. The van der Waals surface area contributed by atoms with Crippen LogP contribution in [0.25, 0.3) is 0 Å². The minimum absolute atomic E-state index is 0.0493. The van der Waals surface area contributed by atoms with Crippen molar-refractivity contribution in [2.24, 2.45) is 0 Å². The quantitative estimate of drug-likeness (QED) is 0.509. The van der Waals surface area contributed by atoms with E-state index in [1.165, 1.54) is 12.2 Å². The highest BCUT2D eigenvalue weighted by Crippen LogP contribution is 2.12. The zero-order valence-electron chi connectivity index (χ0n) is 13.6. The van der Waals surface area contributed by atoms with Crippen molar-refractivity contribution in [2.75, 3.05) is 13.1 Å². The first kappa shape index (κ1) is 17.5. The lowest BCUT2D eigenvalue weighted by atomic mass is 10.2. The molecule has 0 aliphatic heterocycles. The van der Waals surface area contributed by atoms with E-state index in [2.05, 4.69) is 13.2 Å². The van der Waals surface area contributed by atoms with Crippen LogP contribution < -0.4 is 0 Å². The molecule has 0 radical (unpaired) electrons. The third-order valence-corrected chi connectivity index (χ3v) is 3.86. The van der Waals surface area contributed by atoms with E-state index in [-0.39, 0.29) is 23.9 Å². The summed E-state index contributed by atoms with van der Waals surface area (Å²) in [6.45, 7) is 8.02. The van der Waals surface area contributed by atoms with Crippen LogP contribution in [0, 0.1) is 0 Å². The molecule has 0 aromatic heterocycles. The molecule has 0 atom stereocenters. The van der Waals surface area contributed by atoms with Gasteiger partial charge in [-0.15, -0.1) is 0 Å². The van der Waals surface area contributed by atoms with Crippen LogP contribution >= 0.6 is 0 Å². The number of rotatable bonds is 8. The van der Waals surface area contributed by atoms with Gasteiger partial charge >= 0.3 is 0 Å². The molecule has 0 fully saturated rings. The molecular weight excluding hydrogens is 300 g/mol. The summed E-state index contributed by atoms with van der Waals surface area (Å²) in [5, 5.41) is 0. The lowest BCUT2D eigenvalue weighted by Crippen LogP contribution is -2.37. The number of carbonyl (C=O) groups excluding carboxylic acids is 2. The number of carbonyl (C=O) groups is 2. The molecule has 24 heavy (non-hydrogen) atoms. The first-order chi connectivity index (χ1) is 11.7. The molecule has 2 aliphatic carbocycles. The Kier molecular flexibility index (Phi) is 6.32. The molecule has 0 unspecified atom stereocenters. The first-order valence-corrected chi connectivity index (χ1v) is 7.88. The summed E-state index contributed by atoms with van der Waals surface area (Å²) >= 11 is 0. The molecule has 124 valence electrons. The predicted molar refractivity (Wildman–Crippen MR) is 97.1 cm³/mol. The second kappa shape index (κ2) is 8.67. The van der Waals surface area contributed by atoms with Gasteiger partial charge in [0, 0.05) is 13.1 Å². The Bertz CT molecular complexity index is 573. The van der Waals surface area contributed by atoms with E-state index >= 15 is 0 Å². The Hall–Kier alpha value is -2.88. The lowest BCUT2D eigenvalue weighted by molar-refractivity contribution is -0.127. The summed E-state index contributed by atoms with van der Waals surface area (Å²) in [7, 11) is 0. The fraction of sp³-hybridized carbons (Fsp3) is 0.200. The van der Waals surface area contributed by atoms with E-state index in [4.69, 9.17) is 0 Å². The summed E-state index contributed by atoms with van der Waals surface area (Å²) in [6.07, 6.45) is 21.9. The molecule has 2 rings (SSSR count). The zero-order chi connectivity index (χ0) is 17.4. The maximum atomic E-state index is 12.0. The Balaban J connectivity index is 1.97. The SMILES string of the molecule is C=CC(=O)N(C/C=C/CN(C(=O)C=C)C1C=CC=C1)C1C=CC=C1. The predicted octanol–water partition coefficient (Wildman–Crippen LogP) is 2.56. The largest absolute Gasteiger partial charge is 0.326 e. The summed E-state index contributed by atoms with van der Waals surface area (Å²) in [4.78, 5) is 27.4. The van der Waals surface area contributed by atoms with Crippen molar-refractivity contribution in [3.63, 3.8) is 0 Å². The van der Waals surface area contributed by atoms with Gasteiger partial charge in [-0.2, -0.15) is 0 Å². The third kappa shape index (κ3) is 4.32. The van der Waals surface area contributed by atoms with Crippen molar-refractivity contribution in [1.82, 2.24) is 9.80 Å². The average Bonchev–Trinajstić information content (AvgIpc) is 3.30. The van der Waals surface area contributed by atoms with Gasteiger partial charge in [-0.1, -0.05) is 73.9 Å². The van der Waals surface area contributed by atoms with Gasteiger partial charge in [0.05, 0.1) is 12.1 Å². The van der Waals surface area contributed by atoms with Crippen LogP contribution in [0.1, 0.15) is 0 Å². The monoisotopic (exact) mass is 322 g/mol. The van der Waals surface area contributed by atoms with Gasteiger partial charge in [-0.25, -0.2) is 0 Å². The summed E-state index contributed by atoms with van der Waals surface area (Å²) < 4.78 is 0. The van der Waals surface area contributed by atoms with E-state index in [0.717, 1.165) is 0 Å². The Morgan fingerprint density at radius 2 is 1.08 bits per heavy atom. The molecule has 0 saturated carbocycles. The zero-order valence-corrected chi connectivity index (χ0v) is 13.6.